The van der Waals surface area contributed by atoms with Gasteiger partial charge in [0.25, 0.3) is 5.56 Å². The van der Waals surface area contributed by atoms with Gasteiger partial charge in [0.1, 0.15) is 30.5 Å². The van der Waals surface area contributed by atoms with Gasteiger partial charge in [-0.2, -0.15) is 0 Å². The van der Waals surface area contributed by atoms with Crippen molar-refractivity contribution in [2.24, 2.45) is 0 Å². The van der Waals surface area contributed by atoms with E-state index in [4.69, 9.17) is 28.3 Å². The summed E-state index contributed by atoms with van der Waals surface area (Å²) in [5.41, 5.74) is 4.16. The van der Waals surface area contributed by atoms with Gasteiger partial charge in [0.05, 0.1) is 48.6 Å². The number of carbonyl (C=O) groups is 1. The number of nitrogens with zero attached hydrogens (tertiary/aromatic N) is 2. The molecule has 0 aliphatic carbocycles. The number of fused-ring (bicyclic) bond motifs is 6. The molecular formula is C32H28N2O7. The predicted molar refractivity (Wildman–Crippen MR) is 152 cm³/mol. The third-order valence-electron chi connectivity index (χ3n) is 8.38. The van der Waals surface area contributed by atoms with Gasteiger partial charge in [-0.15, -0.1) is 0 Å². The van der Waals surface area contributed by atoms with Gasteiger partial charge in [-0.05, 0) is 61.4 Å². The number of rotatable bonds is 6. The summed E-state index contributed by atoms with van der Waals surface area (Å²) in [5, 5.41) is 1.77. The molecule has 0 spiro atoms. The largest absolute Gasteiger partial charge is 0.497 e. The molecule has 2 aliphatic rings. The predicted octanol–water partition coefficient (Wildman–Crippen LogP) is 5.49. The van der Waals surface area contributed by atoms with E-state index in [0.717, 1.165) is 38.8 Å². The molecule has 7 rings (SSSR count). The van der Waals surface area contributed by atoms with Crippen LogP contribution >= 0.6 is 0 Å². The molecule has 2 aliphatic heterocycles. The Morgan fingerprint density at radius 1 is 1.00 bits per heavy atom. The fourth-order valence-electron chi connectivity index (χ4n) is 5.86. The van der Waals surface area contributed by atoms with Crippen LogP contribution in [0.2, 0.25) is 0 Å². The van der Waals surface area contributed by atoms with Crippen LogP contribution in [0.3, 0.4) is 0 Å². The first-order chi connectivity index (χ1) is 19.8. The Kier molecular flexibility index (Phi) is 5.61. The van der Waals surface area contributed by atoms with Crippen LogP contribution in [0.4, 0.5) is 0 Å². The van der Waals surface area contributed by atoms with E-state index in [1.54, 1.807) is 24.9 Å². The zero-order valence-electron chi connectivity index (χ0n) is 23.2. The second kappa shape index (κ2) is 9.12. The van der Waals surface area contributed by atoms with Crippen molar-refractivity contribution in [3.63, 3.8) is 0 Å². The minimum atomic E-state index is -0.856. The lowest BCUT2D eigenvalue weighted by atomic mass is 9.76. The maximum atomic E-state index is 13.5. The van der Waals surface area contributed by atoms with Crippen molar-refractivity contribution in [2.45, 2.75) is 45.4 Å². The first kappa shape index (κ1) is 25.2. The second-order valence-corrected chi connectivity index (χ2v) is 10.7. The van der Waals surface area contributed by atoms with Crippen LogP contribution in [0, 0.1) is 0 Å². The molecule has 0 bridgehead atoms. The standard InChI is InChI=1S/C32H28N2O7/c1-5-32(2)24-13-26-28-19(14-34(26)30(35)23(24)16-40-31(32)36)8-17-9-20(6-7-25(17)33-28)39-15-22-11-18-10-21(37-3)12-27(38-4)29(18)41-22/h6-13H,5,14-16H2,1-4H3/t32-/m1/s1. The fraction of sp³-hybridized carbons (Fsp3) is 0.281. The molecule has 3 aromatic heterocycles. The molecule has 0 saturated heterocycles. The Morgan fingerprint density at radius 2 is 1.83 bits per heavy atom. The lowest BCUT2D eigenvalue weighted by Crippen LogP contribution is -2.42. The van der Waals surface area contributed by atoms with Crippen molar-refractivity contribution in [3.05, 3.63) is 81.3 Å². The minimum absolute atomic E-state index is 0.000867. The SMILES string of the molecule is CC[C@@]1(C)C(=O)OCc2c1cc1n(c2=O)Cc2cc3cc(OCc4cc5cc(OC)cc(OC)c5o4)ccc3nc2-1. The quantitative estimate of drug-likeness (QED) is 0.250. The number of cyclic esters (lactones) is 1. The number of carbonyl (C=O) groups excluding carboxylic acids is 1. The average molecular weight is 553 g/mol. The minimum Gasteiger partial charge on any atom is -0.497 e. The van der Waals surface area contributed by atoms with Crippen LogP contribution in [0.5, 0.6) is 17.2 Å². The molecule has 0 fully saturated rings. The van der Waals surface area contributed by atoms with Crippen molar-refractivity contribution in [2.75, 3.05) is 14.2 Å². The highest BCUT2D eigenvalue weighted by atomic mass is 16.5. The molecule has 0 radical (unpaired) electrons. The van der Waals surface area contributed by atoms with Crippen molar-refractivity contribution >= 4 is 27.8 Å². The number of furan rings is 1. The summed E-state index contributed by atoms with van der Waals surface area (Å²) in [4.78, 5) is 31.1. The second-order valence-electron chi connectivity index (χ2n) is 10.7. The van der Waals surface area contributed by atoms with E-state index in [9.17, 15) is 9.59 Å². The Balaban J connectivity index is 1.20. The van der Waals surface area contributed by atoms with E-state index < -0.39 is 5.41 Å². The summed E-state index contributed by atoms with van der Waals surface area (Å²) in [5.74, 6) is 2.30. The summed E-state index contributed by atoms with van der Waals surface area (Å²) in [6.45, 7) is 4.41. The zero-order chi connectivity index (χ0) is 28.5. The molecule has 0 amide bonds. The summed E-state index contributed by atoms with van der Waals surface area (Å²) in [6, 6.07) is 15.3. The van der Waals surface area contributed by atoms with Crippen LogP contribution in [0.25, 0.3) is 33.3 Å². The van der Waals surface area contributed by atoms with Crippen LogP contribution < -0.4 is 19.8 Å². The Hall–Kier alpha value is -4.79. The molecule has 9 heteroatoms. The number of esters is 1. The number of pyridine rings is 2. The average Bonchev–Trinajstić information content (AvgIpc) is 3.57. The van der Waals surface area contributed by atoms with Crippen LogP contribution in [-0.2, 0) is 34.7 Å². The lowest BCUT2D eigenvalue weighted by molar-refractivity contribution is -0.153. The summed E-state index contributed by atoms with van der Waals surface area (Å²) >= 11 is 0. The van der Waals surface area contributed by atoms with E-state index in [2.05, 4.69) is 6.07 Å². The van der Waals surface area contributed by atoms with E-state index >= 15 is 0 Å². The van der Waals surface area contributed by atoms with Gasteiger partial charge in [-0.3, -0.25) is 9.59 Å². The third kappa shape index (κ3) is 3.79. The highest BCUT2D eigenvalue weighted by Crippen LogP contribution is 2.40. The lowest BCUT2D eigenvalue weighted by Gasteiger charge is -2.33. The van der Waals surface area contributed by atoms with Crippen molar-refractivity contribution in [1.29, 1.82) is 0 Å². The van der Waals surface area contributed by atoms with Gasteiger partial charge in [0.2, 0.25) is 0 Å². The molecule has 208 valence electrons. The molecule has 5 aromatic rings. The summed E-state index contributed by atoms with van der Waals surface area (Å²) in [7, 11) is 3.20. The molecule has 5 heterocycles. The highest BCUT2D eigenvalue weighted by Gasteiger charge is 2.43. The van der Waals surface area contributed by atoms with Gasteiger partial charge in [0, 0.05) is 22.4 Å². The maximum absolute atomic E-state index is 13.5. The number of aromatic nitrogens is 2. The Bertz CT molecular complexity index is 1950. The van der Waals surface area contributed by atoms with Gasteiger partial charge in [0.15, 0.2) is 11.3 Å². The van der Waals surface area contributed by atoms with Gasteiger partial charge in [-0.1, -0.05) is 6.92 Å². The van der Waals surface area contributed by atoms with E-state index in [1.165, 1.54) is 0 Å². The van der Waals surface area contributed by atoms with Crippen molar-refractivity contribution < 1.29 is 28.2 Å². The molecular weight excluding hydrogens is 524 g/mol. The molecule has 2 aromatic carbocycles. The first-order valence-corrected chi connectivity index (χ1v) is 13.5. The van der Waals surface area contributed by atoms with Gasteiger partial charge >= 0.3 is 5.97 Å². The van der Waals surface area contributed by atoms with Gasteiger partial charge < -0.3 is 27.9 Å². The van der Waals surface area contributed by atoms with Crippen LogP contribution in [-0.4, -0.2) is 29.7 Å². The fourth-order valence-corrected chi connectivity index (χ4v) is 5.86. The number of ether oxygens (including phenoxy) is 4. The first-order valence-electron chi connectivity index (χ1n) is 13.5. The smallest absolute Gasteiger partial charge is 0.316 e. The molecule has 9 nitrogen and oxygen atoms in total. The molecule has 0 saturated carbocycles. The van der Waals surface area contributed by atoms with Crippen molar-refractivity contribution in [3.8, 4) is 28.6 Å². The van der Waals surface area contributed by atoms with Crippen LogP contribution in [0.15, 0.2) is 57.7 Å². The summed E-state index contributed by atoms with van der Waals surface area (Å²) in [6.07, 6.45) is 0.540. The van der Waals surface area contributed by atoms with Crippen molar-refractivity contribution in [1.82, 2.24) is 9.55 Å². The van der Waals surface area contributed by atoms with Gasteiger partial charge in [-0.25, -0.2) is 4.98 Å². The van der Waals surface area contributed by atoms with E-state index in [0.29, 0.717) is 47.1 Å². The van der Waals surface area contributed by atoms with E-state index in [-0.39, 0.29) is 24.7 Å². The topological polar surface area (TPSA) is 102 Å². The maximum Gasteiger partial charge on any atom is 0.316 e. The molecule has 1 atom stereocenters. The monoisotopic (exact) mass is 552 g/mol. The number of methoxy groups -OCH3 is 2. The Labute approximate surface area is 235 Å². The number of hydrogen-bond acceptors (Lipinski definition) is 8. The number of hydrogen-bond donors (Lipinski definition) is 0. The molecule has 41 heavy (non-hydrogen) atoms. The zero-order valence-corrected chi connectivity index (χ0v) is 23.2. The number of benzene rings is 2. The normalized spacial score (nSPS) is 17.2. The van der Waals surface area contributed by atoms with E-state index in [1.807, 2.05) is 50.2 Å². The Morgan fingerprint density at radius 3 is 2.61 bits per heavy atom. The molecule has 0 N–H and O–H groups in total. The summed E-state index contributed by atoms with van der Waals surface area (Å²) < 4.78 is 30.0. The highest BCUT2D eigenvalue weighted by molar-refractivity contribution is 5.88. The van der Waals surface area contributed by atoms with Crippen LogP contribution in [0.1, 0.15) is 42.7 Å². The molecule has 0 unspecified atom stereocenters. The third-order valence-corrected chi connectivity index (χ3v) is 8.38.